The second-order valence-corrected chi connectivity index (χ2v) is 8.39. The van der Waals surface area contributed by atoms with Crippen LogP contribution in [0.3, 0.4) is 0 Å². The lowest BCUT2D eigenvalue weighted by Crippen LogP contribution is -2.26. The predicted molar refractivity (Wildman–Crippen MR) is 135 cm³/mol. The average molecular weight is 499 g/mol. The second kappa shape index (κ2) is 11.2. The molecule has 4 rings (SSSR count). The van der Waals surface area contributed by atoms with Crippen molar-refractivity contribution >= 4 is 28.1 Å². The monoisotopic (exact) mass is 498 g/mol. The van der Waals surface area contributed by atoms with Crippen molar-refractivity contribution in [1.82, 2.24) is 5.43 Å². The Morgan fingerprint density at radius 2 is 1.48 bits per heavy atom. The number of amides is 1. The quantitative estimate of drug-likeness (QED) is 0.228. The second-order valence-electron chi connectivity index (χ2n) is 7.48. The summed E-state index contributed by atoms with van der Waals surface area (Å²) >= 11 is 3.44. The van der Waals surface area contributed by atoms with Crippen LogP contribution in [-0.2, 0) is 11.4 Å². The summed E-state index contributed by atoms with van der Waals surface area (Å²) in [5.41, 5.74) is 6.44. The van der Waals surface area contributed by atoms with E-state index in [1.807, 2.05) is 109 Å². The smallest absolute Gasteiger partial charge is 0.252 e. The molecule has 1 amide bonds. The third kappa shape index (κ3) is 6.40. The van der Waals surface area contributed by atoms with E-state index in [9.17, 15) is 4.79 Å². The highest BCUT2D eigenvalue weighted by Crippen LogP contribution is 2.24. The van der Waals surface area contributed by atoms with E-state index in [2.05, 4.69) is 26.5 Å². The fourth-order valence-corrected chi connectivity index (χ4v) is 3.72. The Hall–Kier alpha value is -3.70. The summed E-state index contributed by atoms with van der Waals surface area (Å²) in [6, 6.07) is 35.0. The van der Waals surface area contributed by atoms with Gasteiger partial charge in [0.2, 0.25) is 0 Å². The van der Waals surface area contributed by atoms with E-state index in [1.54, 1.807) is 6.21 Å². The molecule has 0 saturated carbocycles. The van der Waals surface area contributed by atoms with Crippen LogP contribution in [0.5, 0.6) is 5.75 Å². The molecule has 0 atom stereocenters. The van der Waals surface area contributed by atoms with Gasteiger partial charge in [0, 0.05) is 4.47 Å². The molecule has 0 spiro atoms. The van der Waals surface area contributed by atoms with Crippen molar-refractivity contribution < 1.29 is 9.53 Å². The zero-order chi connectivity index (χ0) is 22.9. The topological polar surface area (TPSA) is 50.7 Å². The molecule has 4 aromatic rings. The molecule has 0 aromatic heterocycles. The van der Waals surface area contributed by atoms with E-state index < -0.39 is 5.92 Å². The van der Waals surface area contributed by atoms with Gasteiger partial charge in [0.25, 0.3) is 5.91 Å². The van der Waals surface area contributed by atoms with E-state index in [4.69, 9.17) is 4.74 Å². The molecule has 1 N–H and O–H groups in total. The van der Waals surface area contributed by atoms with Crippen molar-refractivity contribution in [3.63, 3.8) is 0 Å². The summed E-state index contributed by atoms with van der Waals surface area (Å²) < 4.78 is 6.93. The van der Waals surface area contributed by atoms with Gasteiger partial charge in [-0.1, -0.05) is 101 Å². The summed E-state index contributed by atoms with van der Waals surface area (Å²) in [7, 11) is 0. The molecule has 0 aliphatic carbocycles. The Bertz CT molecular complexity index is 1170. The number of carbonyl (C=O) groups is 1. The van der Waals surface area contributed by atoms with Crippen LogP contribution in [0.25, 0.3) is 0 Å². The summed E-state index contributed by atoms with van der Waals surface area (Å²) in [4.78, 5) is 13.0. The molecule has 4 nitrogen and oxygen atoms in total. The molecular weight excluding hydrogens is 476 g/mol. The van der Waals surface area contributed by atoms with Gasteiger partial charge < -0.3 is 4.74 Å². The zero-order valence-electron chi connectivity index (χ0n) is 17.9. The Labute approximate surface area is 202 Å². The van der Waals surface area contributed by atoms with Crippen molar-refractivity contribution in [3.8, 4) is 5.75 Å². The summed E-state index contributed by atoms with van der Waals surface area (Å²) in [6.45, 7) is 0.473. The minimum Gasteiger partial charge on any atom is -0.489 e. The molecule has 4 aromatic carbocycles. The van der Waals surface area contributed by atoms with Gasteiger partial charge in [-0.15, -0.1) is 0 Å². The molecule has 0 heterocycles. The molecule has 0 aliphatic heterocycles. The molecule has 33 heavy (non-hydrogen) atoms. The van der Waals surface area contributed by atoms with Crippen LogP contribution in [0.1, 0.15) is 28.2 Å². The van der Waals surface area contributed by atoms with E-state index in [-0.39, 0.29) is 5.91 Å². The highest BCUT2D eigenvalue weighted by atomic mass is 79.9. The SMILES string of the molecule is O=C(N/N=C\c1cccc(OCc2ccc(Br)cc2)c1)C(c1ccccc1)c1ccccc1. The summed E-state index contributed by atoms with van der Waals surface area (Å²) in [6.07, 6.45) is 1.62. The Morgan fingerprint density at radius 1 is 0.848 bits per heavy atom. The van der Waals surface area contributed by atoms with Gasteiger partial charge in [-0.25, -0.2) is 5.43 Å². The first kappa shape index (κ1) is 22.5. The Kier molecular flexibility index (Phi) is 7.67. The fraction of sp³-hybridized carbons (Fsp3) is 0.0714. The first-order chi connectivity index (χ1) is 16.2. The number of hydrazone groups is 1. The zero-order valence-corrected chi connectivity index (χ0v) is 19.5. The number of hydrogen-bond donors (Lipinski definition) is 1. The maximum absolute atomic E-state index is 13.0. The summed E-state index contributed by atoms with van der Waals surface area (Å²) in [5.74, 6) is 0.107. The van der Waals surface area contributed by atoms with E-state index in [1.165, 1.54) is 0 Å². The third-order valence-corrected chi connectivity index (χ3v) is 5.62. The van der Waals surface area contributed by atoms with Crippen LogP contribution in [0, 0.1) is 0 Å². The van der Waals surface area contributed by atoms with Crippen LogP contribution in [0.2, 0.25) is 0 Å². The molecule has 0 saturated heterocycles. The third-order valence-electron chi connectivity index (χ3n) is 5.09. The lowest BCUT2D eigenvalue weighted by molar-refractivity contribution is -0.121. The number of carbonyl (C=O) groups excluding carboxylic acids is 1. The molecule has 0 fully saturated rings. The average Bonchev–Trinajstić information content (AvgIpc) is 2.85. The Balaban J connectivity index is 1.41. The van der Waals surface area contributed by atoms with Crippen LogP contribution in [0.4, 0.5) is 0 Å². The molecule has 0 radical (unpaired) electrons. The number of nitrogens with one attached hydrogen (secondary N) is 1. The highest BCUT2D eigenvalue weighted by molar-refractivity contribution is 9.10. The minimum atomic E-state index is -0.440. The number of ether oxygens (including phenoxy) is 1. The molecular formula is C28H23BrN2O2. The summed E-state index contributed by atoms with van der Waals surface area (Å²) in [5, 5.41) is 4.20. The number of benzene rings is 4. The van der Waals surface area contributed by atoms with Gasteiger partial charge >= 0.3 is 0 Å². The molecule has 0 bridgehead atoms. The van der Waals surface area contributed by atoms with Gasteiger partial charge in [-0.2, -0.15) is 5.10 Å². The van der Waals surface area contributed by atoms with Crippen molar-refractivity contribution in [3.05, 3.63) is 136 Å². The van der Waals surface area contributed by atoms with Crippen LogP contribution < -0.4 is 10.2 Å². The lowest BCUT2D eigenvalue weighted by atomic mass is 9.91. The number of halogens is 1. The van der Waals surface area contributed by atoms with Gasteiger partial charge in [0.1, 0.15) is 12.4 Å². The molecule has 5 heteroatoms. The first-order valence-electron chi connectivity index (χ1n) is 10.6. The van der Waals surface area contributed by atoms with E-state index >= 15 is 0 Å². The molecule has 0 unspecified atom stereocenters. The van der Waals surface area contributed by atoms with Crippen LogP contribution in [0.15, 0.2) is 119 Å². The van der Waals surface area contributed by atoms with Gasteiger partial charge in [0.15, 0.2) is 0 Å². The molecule has 164 valence electrons. The maximum Gasteiger partial charge on any atom is 0.252 e. The van der Waals surface area contributed by atoms with E-state index in [0.717, 1.165) is 32.5 Å². The first-order valence-corrected chi connectivity index (χ1v) is 11.4. The highest BCUT2D eigenvalue weighted by Gasteiger charge is 2.22. The predicted octanol–water partition coefficient (Wildman–Crippen LogP) is 6.31. The minimum absolute atomic E-state index is 0.189. The fourth-order valence-electron chi connectivity index (χ4n) is 3.45. The maximum atomic E-state index is 13.0. The van der Waals surface area contributed by atoms with Crippen molar-refractivity contribution in [2.24, 2.45) is 5.10 Å². The molecule has 0 aliphatic rings. The lowest BCUT2D eigenvalue weighted by Gasteiger charge is -2.16. The Morgan fingerprint density at radius 3 is 2.12 bits per heavy atom. The number of hydrogen-bond acceptors (Lipinski definition) is 3. The van der Waals surface area contributed by atoms with Crippen molar-refractivity contribution in [2.45, 2.75) is 12.5 Å². The van der Waals surface area contributed by atoms with Crippen molar-refractivity contribution in [1.29, 1.82) is 0 Å². The van der Waals surface area contributed by atoms with Gasteiger partial charge in [-0.05, 0) is 46.5 Å². The van der Waals surface area contributed by atoms with Gasteiger partial charge in [0.05, 0.1) is 12.1 Å². The normalized spacial score (nSPS) is 11.0. The largest absolute Gasteiger partial charge is 0.489 e. The van der Waals surface area contributed by atoms with Crippen LogP contribution >= 0.6 is 15.9 Å². The number of rotatable bonds is 8. The standard InChI is InChI=1S/C28H23BrN2O2/c29-25-16-14-21(15-17-25)20-33-26-13-7-8-22(18-26)19-30-31-28(32)27(23-9-3-1-4-10-23)24-11-5-2-6-12-24/h1-19,27H,20H2,(H,31,32)/b30-19-. The van der Waals surface area contributed by atoms with Crippen LogP contribution in [-0.4, -0.2) is 12.1 Å². The van der Waals surface area contributed by atoms with E-state index in [0.29, 0.717) is 6.61 Å². The van der Waals surface area contributed by atoms with Gasteiger partial charge in [-0.3, -0.25) is 4.79 Å². The number of nitrogens with zero attached hydrogens (tertiary/aromatic N) is 1. The van der Waals surface area contributed by atoms with Crippen molar-refractivity contribution in [2.75, 3.05) is 0 Å².